The van der Waals surface area contributed by atoms with Gasteiger partial charge in [0.25, 0.3) is 0 Å². The van der Waals surface area contributed by atoms with Crippen LogP contribution in [0.1, 0.15) is 43.4 Å². The molecule has 2 atom stereocenters. The Morgan fingerprint density at radius 1 is 1.14 bits per heavy atom. The third-order valence-corrected chi connectivity index (χ3v) is 5.52. The molecule has 0 amide bonds. The Labute approximate surface area is 172 Å². The fourth-order valence-corrected chi connectivity index (χ4v) is 3.89. The van der Waals surface area contributed by atoms with E-state index in [2.05, 4.69) is 0 Å². The molecule has 1 aliphatic heterocycles. The zero-order valence-electron chi connectivity index (χ0n) is 17.3. The van der Waals surface area contributed by atoms with Gasteiger partial charge in [0.15, 0.2) is 11.5 Å². The van der Waals surface area contributed by atoms with Crippen LogP contribution in [-0.2, 0) is 11.4 Å². The van der Waals surface area contributed by atoms with Gasteiger partial charge in [-0.15, -0.1) is 0 Å². The van der Waals surface area contributed by atoms with Crippen LogP contribution in [0.15, 0.2) is 42.5 Å². The number of aliphatic carboxylic acids is 1. The minimum absolute atomic E-state index is 0.0811. The maximum Gasteiger partial charge on any atom is 0.320 e. The molecule has 156 valence electrons. The van der Waals surface area contributed by atoms with Crippen molar-refractivity contribution in [1.82, 2.24) is 4.90 Å². The number of piperidine rings is 1. The molecule has 1 N–H and O–H groups in total. The number of carboxylic acid groups (broad SMARTS) is 1. The number of likely N-dealkylation sites (tertiary alicyclic amines) is 1. The summed E-state index contributed by atoms with van der Waals surface area (Å²) in [6.07, 6.45) is 2.62. The van der Waals surface area contributed by atoms with Gasteiger partial charge in [0.1, 0.15) is 12.6 Å². The molecule has 0 spiro atoms. The predicted molar refractivity (Wildman–Crippen MR) is 111 cm³/mol. The van der Waals surface area contributed by atoms with E-state index in [-0.39, 0.29) is 6.04 Å². The van der Waals surface area contributed by atoms with Gasteiger partial charge < -0.3 is 19.3 Å². The van der Waals surface area contributed by atoms with Crippen LogP contribution in [0.25, 0.3) is 0 Å². The van der Waals surface area contributed by atoms with E-state index in [0.29, 0.717) is 30.3 Å². The first-order valence-corrected chi connectivity index (χ1v) is 9.96. The molecular formula is C23H29NO5. The van der Waals surface area contributed by atoms with E-state index in [1.165, 1.54) is 0 Å². The first-order valence-electron chi connectivity index (χ1n) is 9.96. The van der Waals surface area contributed by atoms with Crippen molar-refractivity contribution >= 4 is 5.97 Å². The van der Waals surface area contributed by atoms with E-state index in [4.69, 9.17) is 14.2 Å². The highest BCUT2D eigenvalue weighted by Crippen LogP contribution is 2.42. The molecule has 0 radical (unpaired) electrons. The van der Waals surface area contributed by atoms with Crippen LogP contribution >= 0.6 is 0 Å². The Bertz CT molecular complexity index is 798. The van der Waals surface area contributed by atoms with Gasteiger partial charge in [0.05, 0.1) is 14.2 Å². The second kappa shape index (κ2) is 9.65. The first kappa shape index (κ1) is 21.0. The Balaban J connectivity index is 1.87. The van der Waals surface area contributed by atoms with Gasteiger partial charge in [0.2, 0.25) is 5.75 Å². The number of carboxylic acids is 1. The molecule has 1 saturated heterocycles. The van der Waals surface area contributed by atoms with Crippen LogP contribution in [0.3, 0.4) is 0 Å². The van der Waals surface area contributed by atoms with Crippen LogP contribution in [0, 0.1) is 0 Å². The third-order valence-electron chi connectivity index (χ3n) is 5.52. The molecule has 2 unspecified atom stereocenters. The summed E-state index contributed by atoms with van der Waals surface area (Å²) in [7, 11) is 3.19. The Hall–Kier alpha value is -2.73. The highest BCUT2D eigenvalue weighted by Gasteiger charge is 2.33. The summed E-state index contributed by atoms with van der Waals surface area (Å²) in [6, 6.07) is 13.2. The van der Waals surface area contributed by atoms with Crippen LogP contribution < -0.4 is 14.2 Å². The van der Waals surface area contributed by atoms with Crippen molar-refractivity contribution in [3.05, 3.63) is 53.6 Å². The van der Waals surface area contributed by atoms with Gasteiger partial charge in [-0.3, -0.25) is 9.69 Å². The summed E-state index contributed by atoms with van der Waals surface area (Å²) in [6.45, 7) is 3.19. The number of nitrogens with zero attached hydrogens (tertiary/aromatic N) is 1. The van der Waals surface area contributed by atoms with Gasteiger partial charge in [-0.25, -0.2) is 0 Å². The van der Waals surface area contributed by atoms with Crippen molar-refractivity contribution in [3.63, 3.8) is 0 Å². The fourth-order valence-electron chi connectivity index (χ4n) is 3.89. The molecule has 0 aliphatic carbocycles. The predicted octanol–water partition coefficient (Wildman–Crippen LogP) is 4.28. The average molecular weight is 399 g/mol. The topological polar surface area (TPSA) is 68.2 Å². The van der Waals surface area contributed by atoms with Crippen molar-refractivity contribution < 1.29 is 24.1 Å². The molecule has 0 saturated carbocycles. The van der Waals surface area contributed by atoms with E-state index in [1.807, 2.05) is 54.3 Å². The van der Waals surface area contributed by atoms with Crippen molar-refractivity contribution in [1.29, 1.82) is 0 Å². The maximum absolute atomic E-state index is 11.7. The second-order valence-electron chi connectivity index (χ2n) is 7.29. The number of ether oxygens (including phenoxy) is 3. The number of carbonyl (C=O) groups is 1. The lowest BCUT2D eigenvalue weighted by molar-refractivity contribution is -0.145. The monoisotopic (exact) mass is 399 g/mol. The smallest absolute Gasteiger partial charge is 0.320 e. The molecule has 0 aromatic heterocycles. The number of rotatable bonds is 8. The Kier molecular flexibility index (Phi) is 6.99. The lowest BCUT2D eigenvalue weighted by atomic mass is 9.96. The molecule has 3 rings (SSSR count). The van der Waals surface area contributed by atoms with Gasteiger partial charge >= 0.3 is 5.97 Å². The Morgan fingerprint density at radius 2 is 1.79 bits per heavy atom. The molecule has 1 fully saturated rings. The van der Waals surface area contributed by atoms with Crippen molar-refractivity contribution in [2.24, 2.45) is 0 Å². The first-order chi connectivity index (χ1) is 14.0. The Morgan fingerprint density at radius 3 is 2.38 bits per heavy atom. The summed E-state index contributed by atoms with van der Waals surface area (Å²) in [5.41, 5.74) is 1.99. The second-order valence-corrected chi connectivity index (χ2v) is 7.29. The fraction of sp³-hybridized carbons (Fsp3) is 0.435. The summed E-state index contributed by atoms with van der Waals surface area (Å²) < 4.78 is 17.2. The van der Waals surface area contributed by atoms with Crippen LogP contribution in [0.4, 0.5) is 0 Å². The van der Waals surface area contributed by atoms with Gasteiger partial charge in [-0.2, -0.15) is 0 Å². The molecule has 2 aromatic rings. The molecule has 0 bridgehead atoms. The lowest BCUT2D eigenvalue weighted by Gasteiger charge is -2.38. The van der Waals surface area contributed by atoms with Gasteiger partial charge in [-0.05, 0) is 49.6 Å². The highest BCUT2D eigenvalue weighted by atomic mass is 16.5. The normalized spacial score (nSPS) is 18.1. The zero-order chi connectivity index (χ0) is 20.8. The molecule has 6 nitrogen and oxygen atoms in total. The van der Waals surface area contributed by atoms with Crippen LogP contribution in [0.5, 0.6) is 17.2 Å². The summed E-state index contributed by atoms with van der Waals surface area (Å²) in [5.74, 6) is 0.929. The van der Waals surface area contributed by atoms with Crippen molar-refractivity contribution in [2.45, 2.75) is 44.9 Å². The molecule has 1 aliphatic rings. The summed E-state index contributed by atoms with van der Waals surface area (Å²) in [4.78, 5) is 13.8. The number of hydrogen-bond donors (Lipinski definition) is 1. The summed E-state index contributed by atoms with van der Waals surface area (Å²) >= 11 is 0. The minimum atomic E-state index is -0.765. The quantitative estimate of drug-likeness (QED) is 0.714. The van der Waals surface area contributed by atoms with E-state index < -0.39 is 12.0 Å². The van der Waals surface area contributed by atoms with E-state index in [0.717, 1.165) is 30.5 Å². The minimum Gasteiger partial charge on any atom is -0.493 e. The number of methoxy groups -OCH3 is 2. The third kappa shape index (κ3) is 4.82. The standard InChI is InChI=1S/C23H29NO5/c1-16(24-12-8-7-11-19(24)23(25)26)18-13-20(27-2)22(21(14-18)28-3)29-15-17-9-5-4-6-10-17/h4-6,9-10,13-14,16,19H,7-8,11-12,15H2,1-3H3,(H,25,26). The SMILES string of the molecule is COc1cc(C(C)N2CCCCC2C(=O)O)cc(OC)c1OCc1ccccc1. The van der Waals surface area contributed by atoms with Crippen molar-refractivity contribution in [3.8, 4) is 17.2 Å². The summed E-state index contributed by atoms with van der Waals surface area (Å²) in [5, 5.41) is 9.62. The molecule has 29 heavy (non-hydrogen) atoms. The van der Waals surface area contributed by atoms with E-state index in [1.54, 1.807) is 14.2 Å². The molecule has 2 aromatic carbocycles. The maximum atomic E-state index is 11.7. The van der Waals surface area contributed by atoms with Crippen molar-refractivity contribution in [2.75, 3.05) is 20.8 Å². The highest BCUT2D eigenvalue weighted by molar-refractivity contribution is 5.73. The lowest BCUT2D eigenvalue weighted by Crippen LogP contribution is -2.45. The van der Waals surface area contributed by atoms with E-state index in [9.17, 15) is 9.90 Å². The largest absolute Gasteiger partial charge is 0.493 e. The number of benzene rings is 2. The van der Waals surface area contributed by atoms with Gasteiger partial charge in [0, 0.05) is 6.04 Å². The zero-order valence-corrected chi connectivity index (χ0v) is 17.3. The number of hydrogen-bond acceptors (Lipinski definition) is 5. The average Bonchev–Trinajstić information content (AvgIpc) is 2.77. The van der Waals surface area contributed by atoms with Crippen LogP contribution in [0.2, 0.25) is 0 Å². The molecule has 1 heterocycles. The van der Waals surface area contributed by atoms with Crippen LogP contribution in [-0.4, -0.2) is 42.8 Å². The molecule has 6 heteroatoms. The molecular weight excluding hydrogens is 370 g/mol. The van der Waals surface area contributed by atoms with E-state index >= 15 is 0 Å². The van der Waals surface area contributed by atoms with Gasteiger partial charge in [-0.1, -0.05) is 36.8 Å².